The largest absolute Gasteiger partial charge is 0.495 e. The van der Waals surface area contributed by atoms with Crippen LogP contribution in [0.3, 0.4) is 0 Å². The molecule has 1 rings (SSSR count). The summed E-state index contributed by atoms with van der Waals surface area (Å²) >= 11 is 4.84. The molecule has 21 heavy (non-hydrogen) atoms. The van der Waals surface area contributed by atoms with Gasteiger partial charge in [-0.15, -0.1) is 0 Å². The van der Waals surface area contributed by atoms with Crippen molar-refractivity contribution in [1.82, 2.24) is 0 Å². The monoisotopic (exact) mass is 332 g/mol. The quantitative estimate of drug-likeness (QED) is 0.581. The molecule has 0 saturated carbocycles. The number of thiocarbonyl (C=S) groups is 1. The maximum Gasteiger partial charge on any atom is 0.325 e. The molecule has 0 radical (unpaired) electrons. The highest BCUT2D eigenvalue weighted by Crippen LogP contribution is 2.27. The molecular weight excluding hydrogens is 316 g/mol. The Morgan fingerprint density at radius 3 is 2.48 bits per heavy atom. The molecule has 3 N–H and O–H groups in total. The summed E-state index contributed by atoms with van der Waals surface area (Å²) < 4.78 is 35.9. The summed E-state index contributed by atoms with van der Waals surface area (Å²) in [5.41, 5.74) is 6.20. The Morgan fingerprint density at radius 2 is 2.00 bits per heavy atom. The third kappa shape index (κ3) is 4.05. The lowest BCUT2D eigenvalue weighted by molar-refractivity contribution is -0.139. The van der Waals surface area contributed by atoms with E-state index >= 15 is 0 Å². The van der Waals surface area contributed by atoms with E-state index in [-0.39, 0.29) is 16.4 Å². The van der Waals surface area contributed by atoms with Crippen molar-refractivity contribution < 1.29 is 22.7 Å². The number of carbonyl (C=O) groups is 1. The molecule has 0 fully saturated rings. The van der Waals surface area contributed by atoms with Gasteiger partial charge in [-0.25, -0.2) is 8.42 Å². The molecule has 9 heteroatoms. The van der Waals surface area contributed by atoms with Crippen LogP contribution in [0.5, 0.6) is 5.75 Å². The zero-order chi connectivity index (χ0) is 16.2. The maximum atomic E-state index is 12.1. The number of ether oxygens (including phenoxy) is 2. The first-order valence-corrected chi connectivity index (χ1v) is 7.75. The minimum absolute atomic E-state index is 0.158. The van der Waals surface area contributed by atoms with E-state index in [2.05, 4.69) is 9.46 Å². The molecule has 0 spiro atoms. The lowest BCUT2D eigenvalue weighted by atomic mass is 10.2. The Kier molecular flexibility index (Phi) is 5.50. The van der Waals surface area contributed by atoms with Crippen LogP contribution in [0.1, 0.15) is 12.5 Å². The van der Waals surface area contributed by atoms with Crippen molar-refractivity contribution in [3.63, 3.8) is 0 Å². The van der Waals surface area contributed by atoms with Crippen LogP contribution in [0.4, 0.5) is 5.69 Å². The molecule has 0 aromatic heterocycles. The number of nitrogens with two attached hydrogens (primary N) is 1. The number of carbonyl (C=O) groups excluding carboxylic acids is 1. The standard InChI is InChI=1S/C12H16N2O5S2/c1-7(12(15)19-3)21(16,17)14-9-5-4-8(11(13)20)6-10(9)18-2/h4-7,14H,1-3H3,(H2,13,20). The van der Waals surface area contributed by atoms with Crippen molar-refractivity contribution in [3.8, 4) is 5.75 Å². The van der Waals surface area contributed by atoms with Gasteiger partial charge in [-0.2, -0.15) is 0 Å². The van der Waals surface area contributed by atoms with Gasteiger partial charge in [-0.05, 0) is 25.1 Å². The third-order valence-corrected chi connectivity index (χ3v) is 4.60. The van der Waals surface area contributed by atoms with Gasteiger partial charge >= 0.3 is 5.97 Å². The predicted molar refractivity (Wildman–Crippen MR) is 82.9 cm³/mol. The van der Waals surface area contributed by atoms with Crippen molar-refractivity contribution in [2.24, 2.45) is 5.73 Å². The number of anilines is 1. The molecule has 0 aliphatic heterocycles. The first kappa shape index (κ1) is 17.2. The van der Waals surface area contributed by atoms with Crippen LogP contribution in [0.25, 0.3) is 0 Å². The summed E-state index contributed by atoms with van der Waals surface area (Å²) in [7, 11) is -1.47. The number of methoxy groups -OCH3 is 2. The molecule has 0 saturated heterocycles. The Hall–Kier alpha value is -1.87. The number of benzene rings is 1. The van der Waals surface area contributed by atoms with Crippen LogP contribution in [-0.4, -0.2) is 38.8 Å². The summed E-state index contributed by atoms with van der Waals surface area (Å²) in [6.45, 7) is 1.23. The molecule has 0 heterocycles. The first-order chi connectivity index (χ1) is 9.72. The minimum Gasteiger partial charge on any atom is -0.495 e. The Balaban J connectivity index is 3.13. The van der Waals surface area contributed by atoms with Gasteiger partial charge in [-0.3, -0.25) is 9.52 Å². The smallest absolute Gasteiger partial charge is 0.325 e. The van der Waals surface area contributed by atoms with E-state index in [0.717, 1.165) is 7.11 Å². The van der Waals surface area contributed by atoms with Gasteiger partial charge in [0.25, 0.3) is 0 Å². The highest BCUT2D eigenvalue weighted by atomic mass is 32.2. The second-order valence-corrected chi connectivity index (χ2v) is 6.53. The summed E-state index contributed by atoms with van der Waals surface area (Å²) in [5, 5.41) is -1.36. The number of sulfonamides is 1. The molecule has 0 aliphatic rings. The predicted octanol–water partition coefficient (Wildman–Crippen LogP) is 0.633. The normalized spacial score (nSPS) is 12.3. The Bertz CT molecular complexity index is 658. The van der Waals surface area contributed by atoms with Gasteiger partial charge in [0.15, 0.2) is 5.25 Å². The second-order valence-electron chi connectivity index (χ2n) is 4.09. The molecule has 1 atom stereocenters. The van der Waals surface area contributed by atoms with E-state index in [0.29, 0.717) is 5.56 Å². The lowest BCUT2D eigenvalue weighted by Crippen LogP contribution is -2.33. The van der Waals surface area contributed by atoms with E-state index in [1.807, 2.05) is 0 Å². The molecule has 0 aliphatic carbocycles. The average Bonchev–Trinajstić information content (AvgIpc) is 2.45. The van der Waals surface area contributed by atoms with Gasteiger partial charge in [0.05, 0.1) is 19.9 Å². The third-order valence-electron chi connectivity index (χ3n) is 2.74. The van der Waals surface area contributed by atoms with Crippen molar-refractivity contribution in [3.05, 3.63) is 23.8 Å². The van der Waals surface area contributed by atoms with Crippen LogP contribution >= 0.6 is 12.2 Å². The molecule has 7 nitrogen and oxygen atoms in total. The highest BCUT2D eigenvalue weighted by Gasteiger charge is 2.29. The second kappa shape index (κ2) is 6.72. The fourth-order valence-electron chi connectivity index (χ4n) is 1.46. The van der Waals surface area contributed by atoms with Gasteiger partial charge in [0.2, 0.25) is 10.0 Å². The topological polar surface area (TPSA) is 108 Å². The molecule has 1 aromatic carbocycles. The fourth-order valence-corrected chi connectivity index (χ4v) is 2.59. The van der Waals surface area contributed by atoms with Crippen molar-refractivity contribution in [1.29, 1.82) is 0 Å². The zero-order valence-electron chi connectivity index (χ0n) is 11.7. The summed E-state index contributed by atoms with van der Waals surface area (Å²) in [5.74, 6) is -0.623. The SMILES string of the molecule is COC(=O)C(C)S(=O)(=O)Nc1ccc(C(N)=S)cc1OC. The number of hydrogen-bond donors (Lipinski definition) is 2. The molecule has 0 bridgehead atoms. The van der Waals surface area contributed by atoms with E-state index in [1.165, 1.54) is 26.2 Å². The lowest BCUT2D eigenvalue weighted by Gasteiger charge is -2.15. The van der Waals surface area contributed by atoms with E-state index in [9.17, 15) is 13.2 Å². The van der Waals surface area contributed by atoms with Crippen LogP contribution in [0.2, 0.25) is 0 Å². The Morgan fingerprint density at radius 1 is 1.38 bits per heavy atom. The van der Waals surface area contributed by atoms with E-state index < -0.39 is 21.2 Å². The maximum absolute atomic E-state index is 12.1. The number of nitrogens with one attached hydrogen (secondary N) is 1. The number of hydrogen-bond acceptors (Lipinski definition) is 6. The summed E-state index contributed by atoms with van der Waals surface area (Å²) in [6.07, 6.45) is 0. The van der Waals surface area contributed by atoms with Crippen molar-refractivity contribution in [2.75, 3.05) is 18.9 Å². The molecular formula is C12H16N2O5S2. The van der Waals surface area contributed by atoms with Crippen LogP contribution in [-0.2, 0) is 19.6 Å². The van der Waals surface area contributed by atoms with E-state index in [4.69, 9.17) is 22.7 Å². The zero-order valence-corrected chi connectivity index (χ0v) is 13.4. The highest BCUT2D eigenvalue weighted by molar-refractivity contribution is 7.94. The molecule has 116 valence electrons. The fraction of sp³-hybridized carbons (Fsp3) is 0.333. The van der Waals surface area contributed by atoms with Gasteiger partial charge in [0, 0.05) is 5.56 Å². The van der Waals surface area contributed by atoms with Crippen molar-refractivity contribution >= 4 is 38.9 Å². The summed E-state index contributed by atoms with van der Waals surface area (Å²) in [6, 6.07) is 4.50. The molecule has 1 unspecified atom stereocenters. The molecule has 0 amide bonds. The Labute approximate surface area is 128 Å². The van der Waals surface area contributed by atoms with Crippen LogP contribution in [0.15, 0.2) is 18.2 Å². The van der Waals surface area contributed by atoms with Gasteiger partial charge in [0.1, 0.15) is 10.7 Å². The van der Waals surface area contributed by atoms with Crippen LogP contribution in [0, 0.1) is 0 Å². The van der Waals surface area contributed by atoms with Gasteiger partial charge in [-0.1, -0.05) is 12.2 Å². The number of rotatable bonds is 6. The van der Waals surface area contributed by atoms with Gasteiger partial charge < -0.3 is 15.2 Å². The summed E-state index contributed by atoms with van der Waals surface area (Å²) in [4.78, 5) is 11.5. The van der Waals surface area contributed by atoms with E-state index in [1.54, 1.807) is 6.07 Å². The minimum atomic E-state index is -3.96. The molecule has 1 aromatic rings. The first-order valence-electron chi connectivity index (χ1n) is 5.80. The average molecular weight is 332 g/mol. The van der Waals surface area contributed by atoms with Crippen molar-refractivity contribution in [2.45, 2.75) is 12.2 Å². The van der Waals surface area contributed by atoms with Crippen LogP contribution < -0.4 is 15.2 Å². The number of esters is 1.